The Morgan fingerprint density at radius 3 is 2.92 bits per heavy atom. The van der Waals surface area contributed by atoms with Gasteiger partial charge in [-0.25, -0.2) is 0 Å². The van der Waals surface area contributed by atoms with Crippen LogP contribution in [0.1, 0.15) is 32.1 Å². The minimum atomic E-state index is -0.0693. The zero-order valence-corrected chi connectivity index (χ0v) is 8.13. The van der Waals surface area contributed by atoms with Gasteiger partial charge in [-0.15, -0.1) is 12.3 Å². The maximum Gasteiger partial charge on any atom is 0.0580 e. The summed E-state index contributed by atoms with van der Waals surface area (Å²) in [5.41, 5.74) is 0. The Labute approximate surface area is 80.7 Å². The molecular formula is C11H19NO. The van der Waals surface area contributed by atoms with Crippen LogP contribution in [0.3, 0.4) is 0 Å². The molecule has 0 radical (unpaired) electrons. The Kier molecular flexibility index (Phi) is 4.88. The molecule has 0 heterocycles. The number of hydrogen-bond donors (Lipinski definition) is 2. The molecule has 1 aliphatic rings. The van der Waals surface area contributed by atoms with Crippen LogP contribution in [0.2, 0.25) is 0 Å². The Morgan fingerprint density at radius 2 is 2.31 bits per heavy atom. The van der Waals surface area contributed by atoms with Crippen LogP contribution in [-0.2, 0) is 0 Å². The van der Waals surface area contributed by atoms with Gasteiger partial charge in [0.1, 0.15) is 0 Å². The van der Waals surface area contributed by atoms with E-state index in [1.807, 2.05) is 0 Å². The van der Waals surface area contributed by atoms with Crippen LogP contribution in [-0.4, -0.2) is 24.3 Å². The third-order valence-electron chi connectivity index (χ3n) is 2.70. The summed E-state index contributed by atoms with van der Waals surface area (Å²) in [6.07, 6.45) is 10.3. The highest BCUT2D eigenvalue weighted by atomic mass is 16.3. The lowest BCUT2D eigenvalue weighted by molar-refractivity contribution is 0.132. The van der Waals surface area contributed by atoms with E-state index >= 15 is 0 Å². The average Bonchev–Trinajstić information content (AvgIpc) is 2.52. The van der Waals surface area contributed by atoms with Gasteiger partial charge in [0.25, 0.3) is 0 Å². The first kappa shape index (κ1) is 10.6. The van der Waals surface area contributed by atoms with Crippen molar-refractivity contribution in [1.82, 2.24) is 5.32 Å². The van der Waals surface area contributed by atoms with Crippen molar-refractivity contribution >= 4 is 0 Å². The summed E-state index contributed by atoms with van der Waals surface area (Å²) in [4.78, 5) is 0. The molecule has 2 N–H and O–H groups in total. The van der Waals surface area contributed by atoms with E-state index in [1.165, 1.54) is 12.8 Å². The maximum absolute atomic E-state index is 9.52. The van der Waals surface area contributed by atoms with Gasteiger partial charge in [0.2, 0.25) is 0 Å². The molecule has 0 bridgehead atoms. The number of nitrogens with one attached hydrogen (secondary N) is 1. The Morgan fingerprint density at radius 1 is 1.46 bits per heavy atom. The van der Waals surface area contributed by atoms with Crippen LogP contribution in [0.5, 0.6) is 0 Å². The Balaban J connectivity index is 1.96. The molecule has 0 spiro atoms. The highest BCUT2D eigenvalue weighted by Gasteiger charge is 2.24. The lowest BCUT2D eigenvalue weighted by atomic mass is 10.1. The third-order valence-corrected chi connectivity index (χ3v) is 2.70. The van der Waals surface area contributed by atoms with Gasteiger partial charge in [0, 0.05) is 13.0 Å². The summed E-state index contributed by atoms with van der Waals surface area (Å²) in [5, 5.41) is 12.9. The number of hydrogen-bond acceptors (Lipinski definition) is 2. The number of rotatable bonds is 5. The Hall–Kier alpha value is -0.520. The van der Waals surface area contributed by atoms with Crippen molar-refractivity contribution in [2.24, 2.45) is 5.92 Å². The van der Waals surface area contributed by atoms with E-state index in [4.69, 9.17) is 6.42 Å². The molecule has 0 aromatic carbocycles. The molecular weight excluding hydrogens is 162 g/mol. The van der Waals surface area contributed by atoms with Crippen LogP contribution in [0.25, 0.3) is 0 Å². The molecule has 1 fully saturated rings. The molecule has 13 heavy (non-hydrogen) atoms. The molecule has 2 nitrogen and oxygen atoms in total. The third kappa shape index (κ3) is 3.80. The zero-order valence-electron chi connectivity index (χ0n) is 8.13. The molecule has 1 saturated carbocycles. The minimum Gasteiger partial charge on any atom is -0.393 e. The van der Waals surface area contributed by atoms with Gasteiger partial charge in [0.05, 0.1) is 6.10 Å². The highest BCUT2D eigenvalue weighted by Crippen LogP contribution is 2.24. The monoisotopic (exact) mass is 181 g/mol. The van der Waals surface area contributed by atoms with Gasteiger partial charge in [-0.1, -0.05) is 6.42 Å². The van der Waals surface area contributed by atoms with Crippen molar-refractivity contribution in [3.05, 3.63) is 0 Å². The normalized spacial score (nSPS) is 27.4. The standard InChI is InChI=1S/C11H19NO/c1-2-3-4-8-12-9-10-6-5-7-11(10)13/h1,10-13H,3-9H2. The summed E-state index contributed by atoms with van der Waals surface area (Å²) in [7, 11) is 0. The first-order valence-electron chi connectivity index (χ1n) is 5.17. The lowest BCUT2D eigenvalue weighted by Gasteiger charge is -2.14. The van der Waals surface area contributed by atoms with E-state index in [1.54, 1.807) is 0 Å². The topological polar surface area (TPSA) is 32.3 Å². The van der Waals surface area contributed by atoms with E-state index in [9.17, 15) is 5.11 Å². The molecule has 0 aromatic rings. The van der Waals surface area contributed by atoms with E-state index in [2.05, 4.69) is 11.2 Å². The summed E-state index contributed by atoms with van der Waals surface area (Å²) < 4.78 is 0. The minimum absolute atomic E-state index is 0.0693. The van der Waals surface area contributed by atoms with Crippen LogP contribution in [0.15, 0.2) is 0 Å². The number of aliphatic hydroxyl groups is 1. The second-order valence-electron chi connectivity index (χ2n) is 3.77. The molecule has 2 unspecified atom stereocenters. The molecule has 0 amide bonds. The number of aliphatic hydroxyl groups excluding tert-OH is 1. The van der Waals surface area contributed by atoms with Crippen molar-refractivity contribution in [2.75, 3.05) is 13.1 Å². The molecule has 0 aromatic heterocycles. The highest BCUT2D eigenvalue weighted by molar-refractivity contribution is 4.83. The van der Waals surface area contributed by atoms with Gasteiger partial charge < -0.3 is 10.4 Å². The molecule has 2 atom stereocenters. The molecule has 0 aliphatic heterocycles. The number of unbranched alkanes of at least 4 members (excludes halogenated alkanes) is 1. The van der Waals surface area contributed by atoms with Crippen molar-refractivity contribution in [3.8, 4) is 12.3 Å². The summed E-state index contributed by atoms with van der Waals surface area (Å²) in [5.74, 6) is 3.09. The second-order valence-corrected chi connectivity index (χ2v) is 3.77. The smallest absolute Gasteiger partial charge is 0.0580 e. The average molecular weight is 181 g/mol. The summed E-state index contributed by atoms with van der Waals surface area (Å²) >= 11 is 0. The molecule has 1 aliphatic carbocycles. The predicted octanol–water partition coefficient (Wildman–Crippen LogP) is 1.15. The van der Waals surface area contributed by atoms with Crippen LogP contribution in [0, 0.1) is 18.3 Å². The zero-order chi connectivity index (χ0) is 9.52. The van der Waals surface area contributed by atoms with Crippen LogP contribution < -0.4 is 5.32 Å². The van der Waals surface area contributed by atoms with Crippen molar-refractivity contribution < 1.29 is 5.11 Å². The Bertz CT molecular complexity index is 173. The SMILES string of the molecule is C#CCCCNCC1CCCC1O. The van der Waals surface area contributed by atoms with Gasteiger partial charge in [-0.2, -0.15) is 0 Å². The molecule has 0 saturated heterocycles. The fourth-order valence-electron chi connectivity index (χ4n) is 1.86. The van der Waals surface area contributed by atoms with Gasteiger partial charge >= 0.3 is 0 Å². The first-order valence-corrected chi connectivity index (χ1v) is 5.17. The van der Waals surface area contributed by atoms with E-state index in [0.717, 1.165) is 32.4 Å². The van der Waals surface area contributed by atoms with E-state index < -0.39 is 0 Å². The molecule has 2 heteroatoms. The van der Waals surface area contributed by atoms with Crippen molar-refractivity contribution in [1.29, 1.82) is 0 Å². The summed E-state index contributed by atoms with van der Waals surface area (Å²) in [6, 6.07) is 0. The van der Waals surface area contributed by atoms with Crippen molar-refractivity contribution in [2.45, 2.75) is 38.2 Å². The fraction of sp³-hybridized carbons (Fsp3) is 0.818. The number of terminal acetylenes is 1. The summed E-state index contributed by atoms with van der Waals surface area (Å²) in [6.45, 7) is 1.93. The fourth-order valence-corrected chi connectivity index (χ4v) is 1.86. The van der Waals surface area contributed by atoms with Crippen molar-refractivity contribution in [3.63, 3.8) is 0 Å². The van der Waals surface area contributed by atoms with E-state index in [0.29, 0.717) is 5.92 Å². The first-order chi connectivity index (χ1) is 6.34. The second kappa shape index (κ2) is 6.01. The van der Waals surface area contributed by atoms with E-state index in [-0.39, 0.29) is 6.10 Å². The molecule has 74 valence electrons. The quantitative estimate of drug-likeness (QED) is 0.492. The molecule has 1 rings (SSSR count). The predicted molar refractivity (Wildman–Crippen MR) is 54.3 cm³/mol. The largest absolute Gasteiger partial charge is 0.393 e. The van der Waals surface area contributed by atoms with Gasteiger partial charge in [-0.3, -0.25) is 0 Å². The van der Waals surface area contributed by atoms with Crippen LogP contribution >= 0.6 is 0 Å². The van der Waals surface area contributed by atoms with Gasteiger partial charge in [0.15, 0.2) is 0 Å². The lowest BCUT2D eigenvalue weighted by Crippen LogP contribution is -2.28. The van der Waals surface area contributed by atoms with Crippen LogP contribution in [0.4, 0.5) is 0 Å². The van der Waals surface area contributed by atoms with Gasteiger partial charge in [-0.05, 0) is 31.7 Å². The maximum atomic E-state index is 9.52.